The predicted octanol–water partition coefficient (Wildman–Crippen LogP) is 0.0529. The molecule has 1 heterocycles. The van der Waals surface area contributed by atoms with Gasteiger partial charge in [-0.15, -0.1) is 0 Å². The number of methoxy groups -OCH3 is 1. The van der Waals surface area contributed by atoms with Crippen molar-refractivity contribution in [2.24, 2.45) is 0 Å². The van der Waals surface area contributed by atoms with E-state index in [1.54, 1.807) is 0 Å². The molecule has 0 atom stereocenters. The second-order valence-corrected chi connectivity index (χ2v) is 6.64. The number of H-pyrrole nitrogens is 1. The first-order valence-electron chi connectivity index (χ1n) is 6.18. The molecule has 9 heteroatoms. The Balaban J connectivity index is 2.19. The van der Waals surface area contributed by atoms with Crippen LogP contribution in [0.3, 0.4) is 0 Å². The lowest BCUT2D eigenvalue weighted by atomic mass is 9.77. The average Bonchev–Trinajstić information content (AvgIpc) is 2.81. The minimum atomic E-state index is -3.50. The van der Waals surface area contributed by atoms with Crippen LogP contribution in [-0.4, -0.2) is 48.9 Å². The number of aromatic nitrogens is 2. The van der Waals surface area contributed by atoms with Crippen LogP contribution in [0.2, 0.25) is 0 Å². The molecular weight excluding hydrogens is 286 g/mol. The van der Waals surface area contributed by atoms with E-state index in [0.717, 1.165) is 6.42 Å². The van der Waals surface area contributed by atoms with Gasteiger partial charge in [0.2, 0.25) is 10.0 Å². The third kappa shape index (κ3) is 3.00. The van der Waals surface area contributed by atoms with Crippen molar-refractivity contribution in [1.29, 1.82) is 0 Å². The summed E-state index contributed by atoms with van der Waals surface area (Å²) in [5, 5.41) is 8.88. The fourth-order valence-electron chi connectivity index (χ4n) is 2.13. The molecule has 0 saturated heterocycles. The van der Waals surface area contributed by atoms with E-state index in [1.807, 2.05) is 0 Å². The summed E-state index contributed by atoms with van der Waals surface area (Å²) in [7, 11) is -2.07. The molecule has 0 unspecified atom stereocenters. The Kier molecular flexibility index (Phi) is 4.11. The van der Waals surface area contributed by atoms with E-state index in [4.69, 9.17) is 9.84 Å². The first-order valence-corrected chi connectivity index (χ1v) is 7.83. The highest BCUT2D eigenvalue weighted by molar-refractivity contribution is 7.89. The van der Waals surface area contributed by atoms with Gasteiger partial charge in [0.05, 0.1) is 24.1 Å². The molecule has 0 aliphatic heterocycles. The zero-order valence-electron chi connectivity index (χ0n) is 11.0. The summed E-state index contributed by atoms with van der Waals surface area (Å²) >= 11 is 0. The zero-order chi connectivity index (χ0) is 14.8. The largest absolute Gasteiger partial charge is 0.477 e. The lowest BCUT2D eigenvalue weighted by Crippen LogP contribution is -2.52. The number of ether oxygens (including phenoxy) is 1. The van der Waals surface area contributed by atoms with Gasteiger partial charge >= 0.3 is 5.97 Å². The van der Waals surface area contributed by atoms with Gasteiger partial charge in [-0.05, 0) is 19.3 Å². The summed E-state index contributed by atoms with van der Waals surface area (Å²) < 4.78 is 31.3. The zero-order valence-corrected chi connectivity index (χ0v) is 11.9. The van der Waals surface area contributed by atoms with Crippen LogP contribution in [0.5, 0.6) is 0 Å². The Morgan fingerprint density at radius 1 is 1.60 bits per heavy atom. The SMILES string of the molecule is COCCS(=O)(=O)NC1(c2ncc(C(=O)O)[nH]2)CCC1. The van der Waals surface area contributed by atoms with Crippen molar-refractivity contribution in [2.45, 2.75) is 24.8 Å². The molecule has 8 nitrogen and oxygen atoms in total. The van der Waals surface area contributed by atoms with Crippen LogP contribution in [0.4, 0.5) is 0 Å². The van der Waals surface area contributed by atoms with Crippen molar-refractivity contribution in [3.8, 4) is 0 Å². The molecule has 0 aromatic carbocycles. The normalized spacial score (nSPS) is 17.6. The smallest absolute Gasteiger partial charge is 0.353 e. The number of aromatic carboxylic acids is 1. The quantitative estimate of drug-likeness (QED) is 0.654. The summed E-state index contributed by atoms with van der Waals surface area (Å²) in [6.07, 6.45) is 3.23. The maximum Gasteiger partial charge on any atom is 0.353 e. The summed E-state index contributed by atoms with van der Waals surface area (Å²) in [4.78, 5) is 17.5. The molecule has 20 heavy (non-hydrogen) atoms. The highest BCUT2D eigenvalue weighted by Gasteiger charge is 2.44. The van der Waals surface area contributed by atoms with E-state index >= 15 is 0 Å². The molecule has 1 aromatic rings. The summed E-state index contributed by atoms with van der Waals surface area (Å²) in [6.45, 7) is 0.101. The van der Waals surface area contributed by atoms with Gasteiger partial charge in [0, 0.05) is 7.11 Å². The third-order valence-corrected chi connectivity index (χ3v) is 4.78. The Labute approximate surface area is 116 Å². The number of rotatable bonds is 7. The van der Waals surface area contributed by atoms with Crippen molar-refractivity contribution in [1.82, 2.24) is 14.7 Å². The molecule has 3 N–H and O–H groups in total. The molecule has 112 valence electrons. The number of carbonyl (C=O) groups is 1. The molecule has 2 rings (SSSR count). The van der Waals surface area contributed by atoms with Gasteiger partial charge in [-0.25, -0.2) is 22.9 Å². The van der Waals surface area contributed by atoms with E-state index in [2.05, 4.69) is 14.7 Å². The van der Waals surface area contributed by atoms with Crippen molar-refractivity contribution in [3.63, 3.8) is 0 Å². The van der Waals surface area contributed by atoms with Gasteiger partial charge in [-0.2, -0.15) is 0 Å². The van der Waals surface area contributed by atoms with Crippen LogP contribution >= 0.6 is 0 Å². The van der Waals surface area contributed by atoms with Gasteiger partial charge in [0.1, 0.15) is 11.5 Å². The highest BCUT2D eigenvalue weighted by Crippen LogP contribution is 2.40. The molecular formula is C11H17N3O5S. The van der Waals surface area contributed by atoms with Gasteiger partial charge in [-0.1, -0.05) is 0 Å². The molecule has 1 fully saturated rings. The maximum atomic E-state index is 12.0. The van der Waals surface area contributed by atoms with E-state index in [0.29, 0.717) is 18.7 Å². The second-order valence-electron chi connectivity index (χ2n) is 4.80. The molecule has 1 aliphatic rings. The van der Waals surface area contributed by atoms with Gasteiger partial charge in [0.25, 0.3) is 0 Å². The Morgan fingerprint density at radius 2 is 2.30 bits per heavy atom. The molecule has 1 aliphatic carbocycles. The monoisotopic (exact) mass is 303 g/mol. The first kappa shape index (κ1) is 14.9. The second kappa shape index (κ2) is 5.51. The number of nitrogens with one attached hydrogen (secondary N) is 2. The number of hydrogen-bond acceptors (Lipinski definition) is 5. The Morgan fingerprint density at radius 3 is 2.75 bits per heavy atom. The van der Waals surface area contributed by atoms with Crippen LogP contribution < -0.4 is 4.72 Å². The topological polar surface area (TPSA) is 121 Å². The average molecular weight is 303 g/mol. The Hall–Kier alpha value is -1.45. The summed E-state index contributed by atoms with van der Waals surface area (Å²) in [6, 6.07) is 0. The minimum Gasteiger partial charge on any atom is -0.477 e. The van der Waals surface area contributed by atoms with Gasteiger partial charge in [0.15, 0.2) is 0 Å². The number of nitrogens with zero attached hydrogens (tertiary/aromatic N) is 1. The van der Waals surface area contributed by atoms with Crippen LogP contribution in [0, 0.1) is 0 Å². The van der Waals surface area contributed by atoms with E-state index in [1.165, 1.54) is 13.3 Å². The summed E-state index contributed by atoms with van der Waals surface area (Å²) in [5.41, 5.74) is -0.873. The van der Waals surface area contributed by atoms with Crippen LogP contribution in [0.1, 0.15) is 35.6 Å². The fraction of sp³-hybridized carbons (Fsp3) is 0.636. The highest BCUT2D eigenvalue weighted by atomic mass is 32.2. The van der Waals surface area contributed by atoms with E-state index < -0.39 is 21.5 Å². The lowest BCUT2D eigenvalue weighted by Gasteiger charge is -2.40. The molecule has 1 saturated carbocycles. The molecule has 1 aromatic heterocycles. The van der Waals surface area contributed by atoms with E-state index in [9.17, 15) is 13.2 Å². The number of carboxylic acid groups (broad SMARTS) is 1. The lowest BCUT2D eigenvalue weighted by molar-refractivity contribution is 0.0690. The van der Waals surface area contributed by atoms with Crippen LogP contribution in [0.15, 0.2) is 6.20 Å². The minimum absolute atomic E-state index is 0.0534. The first-order chi connectivity index (χ1) is 9.38. The molecule has 0 amide bonds. The number of hydrogen-bond donors (Lipinski definition) is 3. The molecule has 0 radical (unpaired) electrons. The standard InChI is InChI=1S/C11H17N3O5S/c1-19-5-6-20(17,18)14-11(3-2-4-11)10-12-7-8(13-10)9(15)16/h7,14H,2-6H2,1H3,(H,12,13)(H,15,16). The summed E-state index contributed by atoms with van der Waals surface area (Å²) in [5.74, 6) is -0.916. The Bertz CT molecular complexity index is 591. The predicted molar refractivity (Wildman–Crippen MR) is 69.9 cm³/mol. The number of sulfonamides is 1. The number of carboxylic acids is 1. The van der Waals surface area contributed by atoms with E-state index in [-0.39, 0.29) is 18.1 Å². The number of imidazole rings is 1. The fourth-order valence-corrected chi connectivity index (χ4v) is 3.52. The van der Waals surface area contributed by atoms with Crippen molar-refractivity contribution in [3.05, 3.63) is 17.7 Å². The van der Waals surface area contributed by atoms with Crippen LogP contribution in [-0.2, 0) is 20.3 Å². The van der Waals surface area contributed by atoms with Crippen molar-refractivity contribution < 1.29 is 23.1 Å². The maximum absolute atomic E-state index is 12.0. The molecule has 0 spiro atoms. The van der Waals surface area contributed by atoms with Crippen molar-refractivity contribution in [2.75, 3.05) is 19.5 Å². The van der Waals surface area contributed by atoms with Gasteiger partial charge < -0.3 is 14.8 Å². The third-order valence-electron chi connectivity index (χ3n) is 3.37. The molecule has 0 bridgehead atoms. The van der Waals surface area contributed by atoms with Crippen LogP contribution in [0.25, 0.3) is 0 Å². The van der Waals surface area contributed by atoms with Gasteiger partial charge in [-0.3, -0.25) is 0 Å². The van der Waals surface area contributed by atoms with Crippen molar-refractivity contribution >= 4 is 16.0 Å². The number of aromatic amines is 1.